The van der Waals surface area contributed by atoms with Crippen molar-refractivity contribution in [3.8, 4) is 0 Å². The Morgan fingerprint density at radius 1 is 1.15 bits per heavy atom. The van der Waals surface area contributed by atoms with Crippen molar-refractivity contribution in [1.29, 1.82) is 0 Å². The normalized spacial score (nSPS) is 11.9. The van der Waals surface area contributed by atoms with Crippen LogP contribution in [0, 0.1) is 6.92 Å². The zero-order chi connectivity index (χ0) is 19.5. The Morgan fingerprint density at radius 2 is 1.89 bits per heavy atom. The summed E-state index contributed by atoms with van der Waals surface area (Å²) in [4.78, 5) is 24.2. The van der Waals surface area contributed by atoms with Gasteiger partial charge in [-0.1, -0.05) is 25.3 Å². The molecule has 2 aromatic heterocycles. The molecule has 27 heavy (non-hydrogen) atoms. The molecule has 0 aromatic carbocycles. The summed E-state index contributed by atoms with van der Waals surface area (Å²) < 4.78 is 0. The van der Waals surface area contributed by atoms with Crippen LogP contribution in [0.4, 0.5) is 5.82 Å². The molecular formula is C21H30N4O2. The zero-order valence-corrected chi connectivity index (χ0v) is 16.3. The molecule has 0 saturated carbocycles. The van der Waals surface area contributed by atoms with Crippen LogP contribution in [0.1, 0.15) is 68.4 Å². The molecule has 0 aliphatic carbocycles. The molecule has 0 amide bonds. The summed E-state index contributed by atoms with van der Waals surface area (Å²) in [5, 5.41) is 12.4. The van der Waals surface area contributed by atoms with Crippen LogP contribution in [0.5, 0.6) is 0 Å². The maximum Gasteiger partial charge on any atom is 0.303 e. The van der Waals surface area contributed by atoms with E-state index < -0.39 is 5.97 Å². The van der Waals surface area contributed by atoms with Gasteiger partial charge in [-0.05, 0) is 56.7 Å². The van der Waals surface area contributed by atoms with Gasteiger partial charge < -0.3 is 10.4 Å². The third-order valence-corrected chi connectivity index (χ3v) is 4.59. The van der Waals surface area contributed by atoms with Crippen LogP contribution in [0.3, 0.4) is 0 Å². The Kier molecular flexibility index (Phi) is 8.68. The van der Waals surface area contributed by atoms with Crippen molar-refractivity contribution in [2.24, 2.45) is 0 Å². The molecule has 6 nitrogen and oxygen atoms in total. The Hall–Kier alpha value is -2.50. The minimum atomic E-state index is -0.771. The van der Waals surface area contributed by atoms with E-state index in [0.717, 1.165) is 62.1 Å². The van der Waals surface area contributed by atoms with Crippen molar-refractivity contribution in [1.82, 2.24) is 15.0 Å². The lowest BCUT2D eigenvalue weighted by Crippen LogP contribution is -2.08. The second kappa shape index (κ2) is 11.3. The number of nitrogens with one attached hydrogen (secondary N) is 1. The molecule has 0 radical (unpaired) electrons. The van der Waals surface area contributed by atoms with E-state index >= 15 is 0 Å². The standard InChI is InChI=1S/C21H30N4O2/c1-3-22-20-12-8-11-19(25-20)10-7-5-4-6-9-17(13-21(26)27)18-14-23-16(2)24-15-18/h8,11-12,14-15,17H,3-7,9-10,13H2,1-2H3,(H,22,25)(H,26,27). The molecule has 2 rings (SSSR count). The average Bonchev–Trinajstić information content (AvgIpc) is 2.64. The average molecular weight is 370 g/mol. The van der Waals surface area contributed by atoms with Crippen molar-refractivity contribution in [3.05, 3.63) is 47.7 Å². The van der Waals surface area contributed by atoms with Crippen LogP contribution in [0.2, 0.25) is 0 Å². The van der Waals surface area contributed by atoms with Gasteiger partial charge in [-0.2, -0.15) is 0 Å². The van der Waals surface area contributed by atoms with Crippen LogP contribution >= 0.6 is 0 Å². The van der Waals surface area contributed by atoms with Crippen LogP contribution in [0.15, 0.2) is 30.6 Å². The van der Waals surface area contributed by atoms with E-state index in [1.54, 1.807) is 12.4 Å². The van der Waals surface area contributed by atoms with Gasteiger partial charge in [0.2, 0.25) is 0 Å². The predicted molar refractivity (Wildman–Crippen MR) is 107 cm³/mol. The summed E-state index contributed by atoms with van der Waals surface area (Å²) in [6.07, 6.45) is 9.81. The fourth-order valence-corrected chi connectivity index (χ4v) is 3.16. The van der Waals surface area contributed by atoms with Gasteiger partial charge in [0.25, 0.3) is 0 Å². The van der Waals surface area contributed by atoms with E-state index in [0.29, 0.717) is 5.82 Å². The topological polar surface area (TPSA) is 88.0 Å². The van der Waals surface area contributed by atoms with E-state index in [2.05, 4.69) is 33.3 Å². The van der Waals surface area contributed by atoms with Crippen molar-refractivity contribution >= 4 is 11.8 Å². The summed E-state index contributed by atoms with van der Waals surface area (Å²) in [6, 6.07) is 6.10. The largest absolute Gasteiger partial charge is 0.481 e. The fraction of sp³-hybridized carbons (Fsp3) is 0.524. The monoisotopic (exact) mass is 370 g/mol. The first-order valence-corrected chi connectivity index (χ1v) is 9.78. The number of carboxylic acids is 1. The van der Waals surface area contributed by atoms with E-state index in [9.17, 15) is 9.90 Å². The van der Waals surface area contributed by atoms with Crippen molar-refractivity contribution in [3.63, 3.8) is 0 Å². The summed E-state index contributed by atoms with van der Waals surface area (Å²) in [5.41, 5.74) is 2.04. The van der Waals surface area contributed by atoms with Gasteiger partial charge in [-0.25, -0.2) is 15.0 Å². The Bertz CT molecular complexity index is 704. The molecule has 2 heterocycles. The van der Waals surface area contributed by atoms with Gasteiger partial charge in [0, 0.05) is 24.6 Å². The van der Waals surface area contributed by atoms with Gasteiger partial charge in [-0.15, -0.1) is 0 Å². The molecule has 2 aromatic rings. The number of carboxylic acid groups (broad SMARTS) is 1. The van der Waals surface area contributed by atoms with Crippen LogP contribution in [-0.2, 0) is 11.2 Å². The summed E-state index contributed by atoms with van der Waals surface area (Å²) in [6.45, 7) is 4.77. The maximum absolute atomic E-state index is 11.2. The molecule has 1 atom stereocenters. The molecule has 1 unspecified atom stereocenters. The van der Waals surface area contributed by atoms with Crippen LogP contribution in [-0.4, -0.2) is 32.6 Å². The number of unbranched alkanes of at least 4 members (excludes halogenated alkanes) is 3. The molecule has 0 aliphatic heterocycles. The second-order valence-electron chi connectivity index (χ2n) is 6.86. The highest BCUT2D eigenvalue weighted by Crippen LogP contribution is 2.25. The minimum absolute atomic E-state index is 0.0124. The van der Waals surface area contributed by atoms with Crippen LogP contribution < -0.4 is 5.32 Å². The van der Waals surface area contributed by atoms with Crippen LogP contribution in [0.25, 0.3) is 0 Å². The smallest absolute Gasteiger partial charge is 0.303 e. The Balaban J connectivity index is 1.72. The molecule has 0 fully saturated rings. The zero-order valence-electron chi connectivity index (χ0n) is 16.3. The van der Waals surface area contributed by atoms with Gasteiger partial charge in [0.15, 0.2) is 0 Å². The van der Waals surface area contributed by atoms with Gasteiger partial charge in [-0.3, -0.25) is 4.79 Å². The predicted octanol–water partition coefficient (Wildman–Crippen LogP) is 4.36. The lowest BCUT2D eigenvalue weighted by atomic mass is 9.92. The SMILES string of the molecule is CCNc1cccc(CCCCCCC(CC(=O)O)c2cnc(C)nc2)n1. The van der Waals surface area contributed by atoms with E-state index in [1.165, 1.54) is 0 Å². The van der Waals surface area contributed by atoms with Gasteiger partial charge >= 0.3 is 5.97 Å². The van der Waals surface area contributed by atoms with Gasteiger partial charge in [0.05, 0.1) is 6.42 Å². The lowest BCUT2D eigenvalue weighted by molar-refractivity contribution is -0.137. The number of nitrogens with zero attached hydrogens (tertiary/aromatic N) is 3. The second-order valence-corrected chi connectivity index (χ2v) is 6.86. The number of anilines is 1. The third kappa shape index (κ3) is 7.72. The number of aromatic nitrogens is 3. The van der Waals surface area contributed by atoms with E-state index in [-0.39, 0.29) is 12.3 Å². The minimum Gasteiger partial charge on any atom is -0.481 e. The first-order chi connectivity index (χ1) is 13.1. The molecule has 2 N–H and O–H groups in total. The van der Waals surface area contributed by atoms with Crippen molar-refractivity contribution in [2.45, 2.75) is 64.7 Å². The molecule has 0 bridgehead atoms. The number of aryl methyl sites for hydroxylation is 2. The Labute approximate surface area is 161 Å². The molecule has 0 spiro atoms. The third-order valence-electron chi connectivity index (χ3n) is 4.59. The maximum atomic E-state index is 11.2. The highest BCUT2D eigenvalue weighted by Gasteiger charge is 2.16. The summed E-state index contributed by atoms with van der Waals surface area (Å²) >= 11 is 0. The Morgan fingerprint density at radius 3 is 2.59 bits per heavy atom. The fourth-order valence-electron chi connectivity index (χ4n) is 3.16. The quantitative estimate of drug-likeness (QED) is 0.540. The number of carbonyl (C=O) groups is 1. The molecule has 6 heteroatoms. The molecule has 0 saturated heterocycles. The highest BCUT2D eigenvalue weighted by molar-refractivity contribution is 5.68. The summed E-state index contributed by atoms with van der Waals surface area (Å²) in [5.74, 6) is 0.861. The van der Waals surface area contributed by atoms with E-state index in [1.807, 2.05) is 19.1 Å². The number of pyridine rings is 1. The van der Waals surface area contributed by atoms with E-state index in [4.69, 9.17) is 0 Å². The summed E-state index contributed by atoms with van der Waals surface area (Å²) in [7, 11) is 0. The number of rotatable bonds is 12. The number of aliphatic carboxylic acids is 1. The van der Waals surface area contributed by atoms with Crippen molar-refractivity contribution < 1.29 is 9.90 Å². The number of hydrogen-bond acceptors (Lipinski definition) is 5. The number of hydrogen-bond donors (Lipinski definition) is 2. The highest BCUT2D eigenvalue weighted by atomic mass is 16.4. The first-order valence-electron chi connectivity index (χ1n) is 9.78. The first kappa shape index (κ1) is 20.8. The molecule has 146 valence electrons. The lowest BCUT2D eigenvalue weighted by Gasteiger charge is -2.14. The molecular weight excluding hydrogens is 340 g/mol. The molecule has 0 aliphatic rings. The van der Waals surface area contributed by atoms with Gasteiger partial charge in [0.1, 0.15) is 11.6 Å². The van der Waals surface area contributed by atoms with Crippen molar-refractivity contribution in [2.75, 3.05) is 11.9 Å².